The van der Waals surface area contributed by atoms with Crippen LogP contribution in [0, 0.1) is 0 Å². The minimum Gasteiger partial charge on any atom is -0.497 e. The maximum absolute atomic E-state index is 12.9. The number of likely N-dealkylation sites (N-methyl/N-ethyl adjacent to an activating group) is 1. The van der Waals surface area contributed by atoms with Crippen LogP contribution in [0.5, 0.6) is 5.75 Å². The zero-order chi connectivity index (χ0) is 24.8. The van der Waals surface area contributed by atoms with E-state index in [4.69, 9.17) is 16.3 Å². The number of amides is 2. The van der Waals surface area contributed by atoms with Gasteiger partial charge in [0.1, 0.15) is 12.3 Å². The fraction of sp³-hybridized carbons (Fsp3) is 0.308. The van der Waals surface area contributed by atoms with Crippen LogP contribution in [-0.4, -0.2) is 78.2 Å². The number of halogens is 1. The highest BCUT2D eigenvalue weighted by Gasteiger charge is 2.25. The van der Waals surface area contributed by atoms with Crippen molar-refractivity contribution in [1.82, 2.24) is 20.0 Å². The van der Waals surface area contributed by atoms with Crippen molar-refractivity contribution < 1.29 is 14.3 Å². The molecule has 0 radical (unpaired) electrons. The van der Waals surface area contributed by atoms with Crippen LogP contribution in [0.2, 0.25) is 5.02 Å². The van der Waals surface area contributed by atoms with Crippen molar-refractivity contribution in [2.45, 2.75) is 6.92 Å². The van der Waals surface area contributed by atoms with Crippen LogP contribution in [0.15, 0.2) is 60.7 Å². The minimum atomic E-state index is -0.178. The quantitative estimate of drug-likeness (QED) is 0.500. The Morgan fingerprint density at radius 2 is 1.74 bits per heavy atom. The number of piperazine rings is 1. The van der Waals surface area contributed by atoms with Gasteiger partial charge in [-0.1, -0.05) is 23.7 Å². The van der Waals surface area contributed by atoms with Crippen molar-refractivity contribution in [3.8, 4) is 17.0 Å². The van der Waals surface area contributed by atoms with Crippen molar-refractivity contribution in [3.63, 3.8) is 0 Å². The summed E-state index contributed by atoms with van der Waals surface area (Å²) in [5.41, 5.74) is 2.23. The van der Waals surface area contributed by atoms with Crippen LogP contribution in [0.4, 0.5) is 5.82 Å². The first-order valence-electron chi connectivity index (χ1n) is 11.5. The Labute approximate surface area is 210 Å². The first kappa shape index (κ1) is 24.5. The average Bonchev–Trinajstić information content (AvgIpc) is 2.92. The van der Waals surface area contributed by atoms with Gasteiger partial charge in [0, 0.05) is 48.9 Å². The number of anilines is 1. The highest BCUT2D eigenvalue weighted by atomic mass is 35.5. The van der Waals surface area contributed by atoms with Gasteiger partial charge in [0.2, 0.25) is 5.91 Å². The third-order valence-corrected chi connectivity index (χ3v) is 6.31. The Hall–Kier alpha value is -3.65. The largest absolute Gasteiger partial charge is 0.497 e. The summed E-state index contributed by atoms with van der Waals surface area (Å²) in [6.45, 7) is 4.78. The average molecular weight is 494 g/mol. The topological polar surface area (TPSA) is 78.9 Å². The van der Waals surface area contributed by atoms with E-state index in [1.165, 1.54) is 0 Å². The van der Waals surface area contributed by atoms with Gasteiger partial charge in [-0.05, 0) is 55.5 Å². The molecule has 0 unspecified atom stereocenters. The Morgan fingerprint density at radius 1 is 1.00 bits per heavy atom. The first-order chi connectivity index (χ1) is 17.0. The summed E-state index contributed by atoms with van der Waals surface area (Å²) < 4.78 is 5.28. The molecular formula is C26H28ClN5O3. The van der Waals surface area contributed by atoms with E-state index in [1.54, 1.807) is 41.2 Å². The second-order valence-corrected chi connectivity index (χ2v) is 8.64. The van der Waals surface area contributed by atoms with Crippen LogP contribution < -0.4 is 9.64 Å². The van der Waals surface area contributed by atoms with Gasteiger partial charge in [0.25, 0.3) is 5.91 Å². The summed E-state index contributed by atoms with van der Waals surface area (Å²) in [5.74, 6) is 1.30. The van der Waals surface area contributed by atoms with Gasteiger partial charge in [-0.2, -0.15) is 0 Å². The molecule has 0 N–H and O–H groups in total. The highest BCUT2D eigenvalue weighted by molar-refractivity contribution is 6.30. The predicted molar refractivity (Wildman–Crippen MR) is 136 cm³/mol. The molecule has 1 fully saturated rings. The molecule has 1 aromatic heterocycles. The first-order valence-corrected chi connectivity index (χ1v) is 11.9. The fourth-order valence-electron chi connectivity index (χ4n) is 3.98. The molecule has 182 valence electrons. The molecule has 0 atom stereocenters. The summed E-state index contributed by atoms with van der Waals surface area (Å²) in [6.07, 6.45) is 0. The summed E-state index contributed by atoms with van der Waals surface area (Å²) >= 11 is 5.92. The Balaban J connectivity index is 1.32. The number of rotatable bonds is 7. The van der Waals surface area contributed by atoms with Gasteiger partial charge in [0.05, 0.1) is 12.8 Å². The molecule has 0 saturated carbocycles. The maximum atomic E-state index is 12.9. The molecule has 8 nitrogen and oxygen atoms in total. The van der Waals surface area contributed by atoms with Crippen LogP contribution >= 0.6 is 11.6 Å². The SMILES string of the molecule is CCN(CC(=O)N1CCN(c2ccc(-c3cccc(OC)c3)nn2)CC1)C(=O)c1ccc(Cl)cc1. The second-order valence-electron chi connectivity index (χ2n) is 8.20. The van der Waals surface area contributed by atoms with E-state index < -0.39 is 0 Å². The molecule has 1 aliphatic heterocycles. The van der Waals surface area contributed by atoms with E-state index in [1.807, 2.05) is 43.3 Å². The van der Waals surface area contributed by atoms with Crippen LogP contribution in [-0.2, 0) is 4.79 Å². The van der Waals surface area contributed by atoms with E-state index in [0.29, 0.717) is 43.3 Å². The number of ether oxygens (including phenoxy) is 1. The molecule has 35 heavy (non-hydrogen) atoms. The van der Waals surface area contributed by atoms with Crippen molar-refractivity contribution in [2.24, 2.45) is 0 Å². The number of carbonyl (C=O) groups excluding carboxylic acids is 2. The Morgan fingerprint density at radius 3 is 2.37 bits per heavy atom. The van der Waals surface area contributed by atoms with Crippen molar-refractivity contribution in [1.29, 1.82) is 0 Å². The van der Waals surface area contributed by atoms with Gasteiger partial charge in [-0.3, -0.25) is 9.59 Å². The van der Waals surface area contributed by atoms with Crippen molar-refractivity contribution in [3.05, 3.63) is 71.2 Å². The number of methoxy groups -OCH3 is 1. The lowest BCUT2D eigenvalue weighted by Gasteiger charge is -2.36. The highest BCUT2D eigenvalue weighted by Crippen LogP contribution is 2.23. The lowest BCUT2D eigenvalue weighted by molar-refractivity contribution is -0.132. The molecule has 3 aromatic rings. The van der Waals surface area contributed by atoms with E-state index in [-0.39, 0.29) is 18.4 Å². The molecular weight excluding hydrogens is 466 g/mol. The Kier molecular flexibility index (Phi) is 7.82. The molecule has 1 saturated heterocycles. The molecule has 0 bridgehead atoms. The van der Waals surface area contributed by atoms with E-state index in [2.05, 4.69) is 15.1 Å². The number of benzene rings is 2. The van der Waals surface area contributed by atoms with Crippen molar-refractivity contribution >= 4 is 29.2 Å². The van der Waals surface area contributed by atoms with Crippen LogP contribution in [0.25, 0.3) is 11.3 Å². The normalized spacial score (nSPS) is 13.5. The van der Waals surface area contributed by atoms with E-state index in [9.17, 15) is 9.59 Å². The minimum absolute atomic E-state index is 0.0486. The summed E-state index contributed by atoms with van der Waals surface area (Å²) in [4.78, 5) is 31.2. The molecule has 1 aliphatic rings. The lowest BCUT2D eigenvalue weighted by Crippen LogP contribution is -2.52. The molecule has 2 heterocycles. The van der Waals surface area contributed by atoms with Crippen LogP contribution in [0.1, 0.15) is 17.3 Å². The summed E-state index contributed by atoms with van der Waals surface area (Å²) in [6, 6.07) is 18.3. The van der Waals surface area contributed by atoms with Gasteiger partial charge in [0.15, 0.2) is 5.82 Å². The number of carbonyl (C=O) groups is 2. The molecule has 0 spiro atoms. The van der Waals surface area contributed by atoms with Crippen molar-refractivity contribution in [2.75, 3.05) is 51.3 Å². The smallest absolute Gasteiger partial charge is 0.254 e. The van der Waals surface area contributed by atoms with Gasteiger partial charge >= 0.3 is 0 Å². The zero-order valence-corrected chi connectivity index (χ0v) is 20.6. The predicted octanol–water partition coefficient (Wildman–Crippen LogP) is 3.62. The number of aromatic nitrogens is 2. The van der Waals surface area contributed by atoms with Gasteiger partial charge in [-0.25, -0.2) is 0 Å². The summed E-state index contributed by atoms with van der Waals surface area (Å²) in [5, 5.41) is 9.34. The second kappa shape index (κ2) is 11.2. The molecule has 4 rings (SSSR count). The maximum Gasteiger partial charge on any atom is 0.254 e. The van der Waals surface area contributed by atoms with Gasteiger partial charge < -0.3 is 19.4 Å². The molecule has 2 aromatic carbocycles. The number of hydrogen-bond donors (Lipinski definition) is 0. The lowest BCUT2D eigenvalue weighted by atomic mass is 10.1. The summed E-state index contributed by atoms with van der Waals surface area (Å²) in [7, 11) is 1.63. The molecule has 0 aliphatic carbocycles. The van der Waals surface area contributed by atoms with Crippen LogP contribution in [0.3, 0.4) is 0 Å². The standard InChI is InChI=1S/C26H28ClN5O3/c1-3-30(26(34)19-7-9-21(27)10-8-19)18-25(33)32-15-13-31(14-16-32)24-12-11-23(28-29-24)20-5-4-6-22(17-20)35-2/h4-12,17H,3,13-16,18H2,1-2H3. The van der Waals surface area contributed by atoms with Gasteiger partial charge in [-0.15, -0.1) is 10.2 Å². The van der Waals surface area contributed by atoms with E-state index in [0.717, 1.165) is 22.8 Å². The monoisotopic (exact) mass is 493 g/mol. The molecule has 2 amide bonds. The third kappa shape index (κ3) is 5.89. The molecule has 9 heteroatoms. The number of nitrogens with zero attached hydrogens (tertiary/aromatic N) is 5. The fourth-order valence-corrected chi connectivity index (χ4v) is 4.11. The third-order valence-electron chi connectivity index (χ3n) is 6.06. The zero-order valence-electron chi connectivity index (χ0n) is 19.9. The van der Waals surface area contributed by atoms with E-state index >= 15 is 0 Å². The Bertz CT molecular complexity index is 1160. The number of hydrogen-bond acceptors (Lipinski definition) is 6.